The number of urea groups is 1. The van der Waals surface area contributed by atoms with Crippen molar-refractivity contribution < 1.29 is 4.79 Å². The number of hydrogen-bond donors (Lipinski definition) is 3. The van der Waals surface area contributed by atoms with Gasteiger partial charge < -0.3 is 0 Å². The standard InChI is InChI=1S/C21H22ClN7OS/c1-11(2)15-9-16(23-19-18(15)12(3)28-29(19)4)26-27-21(30)25-17-10-31-20(24-17)13-5-7-14(22)8-6-13/h5-11H,1-4H3,(H,23,26)(H2,25,27,30). The molecule has 8 nitrogen and oxygen atoms in total. The minimum Gasteiger partial charge on any atom is -0.290 e. The second-order valence-corrected chi connectivity index (χ2v) is 8.70. The van der Waals surface area contributed by atoms with Crippen LogP contribution < -0.4 is 16.2 Å². The van der Waals surface area contributed by atoms with Crippen LogP contribution in [0.5, 0.6) is 0 Å². The zero-order valence-corrected chi connectivity index (χ0v) is 19.1. The monoisotopic (exact) mass is 455 g/mol. The molecule has 0 spiro atoms. The maximum atomic E-state index is 12.3. The molecule has 3 N–H and O–H groups in total. The van der Waals surface area contributed by atoms with Gasteiger partial charge in [0, 0.05) is 28.4 Å². The third kappa shape index (κ3) is 4.47. The van der Waals surface area contributed by atoms with E-state index in [0.29, 0.717) is 16.7 Å². The van der Waals surface area contributed by atoms with E-state index < -0.39 is 6.03 Å². The molecule has 0 aliphatic rings. The topological polar surface area (TPSA) is 96.8 Å². The molecule has 3 heterocycles. The highest BCUT2D eigenvalue weighted by Gasteiger charge is 2.16. The van der Waals surface area contributed by atoms with Crippen molar-refractivity contribution in [2.45, 2.75) is 26.7 Å². The van der Waals surface area contributed by atoms with E-state index in [-0.39, 0.29) is 5.92 Å². The minimum atomic E-state index is -0.442. The number of amides is 2. The highest BCUT2D eigenvalue weighted by atomic mass is 35.5. The van der Waals surface area contributed by atoms with Crippen LogP contribution in [-0.2, 0) is 7.05 Å². The number of fused-ring (bicyclic) bond motifs is 1. The number of anilines is 2. The van der Waals surface area contributed by atoms with Crippen molar-refractivity contribution in [3.8, 4) is 10.6 Å². The number of benzene rings is 1. The largest absolute Gasteiger partial charge is 0.339 e. The quantitative estimate of drug-likeness (QED) is 0.353. The maximum Gasteiger partial charge on any atom is 0.339 e. The van der Waals surface area contributed by atoms with Gasteiger partial charge in [0.15, 0.2) is 5.65 Å². The molecule has 3 aromatic heterocycles. The Balaban J connectivity index is 1.45. The number of thiazole rings is 1. The van der Waals surface area contributed by atoms with E-state index in [1.165, 1.54) is 11.3 Å². The molecule has 0 bridgehead atoms. The number of aryl methyl sites for hydroxylation is 2. The first-order valence-electron chi connectivity index (χ1n) is 9.70. The second-order valence-electron chi connectivity index (χ2n) is 7.41. The highest BCUT2D eigenvalue weighted by molar-refractivity contribution is 7.13. The van der Waals surface area contributed by atoms with Crippen LogP contribution in [0.2, 0.25) is 5.02 Å². The Labute approximate surface area is 188 Å². The van der Waals surface area contributed by atoms with Crippen molar-refractivity contribution in [3.63, 3.8) is 0 Å². The van der Waals surface area contributed by atoms with Gasteiger partial charge >= 0.3 is 6.03 Å². The molecule has 160 valence electrons. The van der Waals surface area contributed by atoms with Gasteiger partial charge in [-0.15, -0.1) is 11.3 Å². The van der Waals surface area contributed by atoms with E-state index in [1.807, 2.05) is 32.2 Å². The molecule has 0 saturated carbocycles. The van der Waals surface area contributed by atoms with Gasteiger partial charge in [0.1, 0.15) is 16.6 Å². The van der Waals surface area contributed by atoms with Crippen LogP contribution >= 0.6 is 22.9 Å². The summed E-state index contributed by atoms with van der Waals surface area (Å²) in [5, 5.41) is 11.5. The molecule has 0 atom stereocenters. The Hall–Kier alpha value is -3.17. The number of carbonyl (C=O) groups is 1. The lowest BCUT2D eigenvalue weighted by atomic mass is 10.00. The number of rotatable bonds is 5. The lowest BCUT2D eigenvalue weighted by molar-refractivity contribution is 0.253. The van der Waals surface area contributed by atoms with Crippen LogP contribution in [0.4, 0.5) is 16.4 Å². The molecule has 1 aromatic carbocycles. The summed E-state index contributed by atoms with van der Waals surface area (Å²) in [6.07, 6.45) is 0. The Morgan fingerprint density at radius 1 is 1.16 bits per heavy atom. The van der Waals surface area contributed by atoms with Crippen molar-refractivity contribution in [1.82, 2.24) is 25.2 Å². The third-order valence-electron chi connectivity index (χ3n) is 4.76. The van der Waals surface area contributed by atoms with Crippen molar-refractivity contribution in [1.29, 1.82) is 0 Å². The number of nitrogens with one attached hydrogen (secondary N) is 3. The highest BCUT2D eigenvalue weighted by Crippen LogP contribution is 2.29. The lowest BCUT2D eigenvalue weighted by Crippen LogP contribution is -2.34. The zero-order valence-electron chi connectivity index (χ0n) is 17.5. The van der Waals surface area contributed by atoms with Crippen LogP contribution in [0.1, 0.15) is 31.0 Å². The van der Waals surface area contributed by atoms with E-state index in [2.05, 4.69) is 45.1 Å². The Bertz CT molecular complexity index is 1250. The lowest BCUT2D eigenvalue weighted by Gasteiger charge is -2.13. The Kier molecular flexibility index (Phi) is 5.79. The summed E-state index contributed by atoms with van der Waals surface area (Å²) in [5.41, 5.74) is 9.25. The fourth-order valence-corrected chi connectivity index (χ4v) is 4.21. The number of carbonyl (C=O) groups excluding carboxylic acids is 1. The number of pyridine rings is 1. The van der Waals surface area contributed by atoms with E-state index >= 15 is 0 Å². The Morgan fingerprint density at radius 3 is 2.61 bits per heavy atom. The summed E-state index contributed by atoms with van der Waals surface area (Å²) in [4.78, 5) is 21.4. The van der Waals surface area contributed by atoms with E-state index in [9.17, 15) is 4.79 Å². The summed E-state index contributed by atoms with van der Waals surface area (Å²) in [6, 6.07) is 8.88. The molecular weight excluding hydrogens is 434 g/mol. The average Bonchev–Trinajstić information content (AvgIpc) is 3.31. The first-order chi connectivity index (χ1) is 14.8. The molecule has 4 aromatic rings. The van der Waals surface area contributed by atoms with Crippen LogP contribution in [-0.4, -0.2) is 25.8 Å². The van der Waals surface area contributed by atoms with Gasteiger partial charge in [-0.2, -0.15) is 5.10 Å². The summed E-state index contributed by atoms with van der Waals surface area (Å²) in [7, 11) is 1.86. The van der Waals surface area contributed by atoms with E-state index in [0.717, 1.165) is 32.9 Å². The molecule has 31 heavy (non-hydrogen) atoms. The predicted octanol–water partition coefficient (Wildman–Crippen LogP) is 5.33. The number of hydrazine groups is 1. The fraction of sp³-hybridized carbons (Fsp3) is 0.238. The molecule has 2 amide bonds. The summed E-state index contributed by atoms with van der Waals surface area (Å²) < 4.78 is 1.75. The van der Waals surface area contributed by atoms with Crippen molar-refractivity contribution in [2.75, 3.05) is 10.7 Å². The van der Waals surface area contributed by atoms with Gasteiger partial charge in [0.05, 0.1) is 5.69 Å². The van der Waals surface area contributed by atoms with Crippen LogP contribution in [0.25, 0.3) is 21.6 Å². The molecule has 0 radical (unpaired) electrons. The van der Waals surface area contributed by atoms with E-state index in [4.69, 9.17) is 11.6 Å². The van der Waals surface area contributed by atoms with Gasteiger partial charge in [0.25, 0.3) is 0 Å². The van der Waals surface area contributed by atoms with Crippen LogP contribution in [0.3, 0.4) is 0 Å². The van der Waals surface area contributed by atoms with Gasteiger partial charge in [-0.05, 0) is 36.6 Å². The third-order valence-corrected chi connectivity index (χ3v) is 5.91. The molecule has 0 unspecified atom stereocenters. The number of aromatic nitrogens is 4. The first kappa shape index (κ1) is 21.1. The smallest absolute Gasteiger partial charge is 0.290 e. The van der Waals surface area contributed by atoms with Gasteiger partial charge in [0.2, 0.25) is 0 Å². The second kappa shape index (κ2) is 8.52. The van der Waals surface area contributed by atoms with Crippen LogP contribution in [0, 0.1) is 6.92 Å². The van der Waals surface area contributed by atoms with Crippen molar-refractivity contribution in [2.24, 2.45) is 7.05 Å². The molecule has 0 aliphatic carbocycles. The van der Waals surface area contributed by atoms with Gasteiger partial charge in [-0.25, -0.2) is 20.2 Å². The average molecular weight is 456 g/mol. The predicted molar refractivity (Wildman–Crippen MR) is 126 cm³/mol. The minimum absolute atomic E-state index is 0.282. The number of nitrogens with zero attached hydrogens (tertiary/aromatic N) is 4. The number of hydrogen-bond acceptors (Lipinski definition) is 6. The molecule has 10 heteroatoms. The molecular formula is C21H22ClN7OS. The summed E-state index contributed by atoms with van der Waals surface area (Å²) in [6.45, 7) is 6.21. The van der Waals surface area contributed by atoms with Gasteiger partial charge in [-0.1, -0.05) is 37.6 Å². The summed E-state index contributed by atoms with van der Waals surface area (Å²) in [5.74, 6) is 1.28. The maximum absolute atomic E-state index is 12.3. The zero-order chi connectivity index (χ0) is 22.1. The molecule has 0 aliphatic heterocycles. The van der Waals surface area contributed by atoms with Crippen LogP contribution in [0.15, 0.2) is 35.7 Å². The molecule has 4 rings (SSSR count). The van der Waals surface area contributed by atoms with Crippen molar-refractivity contribution in [3.05, 3.63) is 52.0 Å². The van der Waals surface area contributed by atoms with Gasteiger partial charge in [-0.3, -0.25) is 15.4 Å². The van der Waals surface area contributed by atoms with E-state index in [1.54, 1.807) is 22.2 Å². The first-order valence-corrected chi connectivity index (χ1v) is 11.0. The van der Waals surface area contributed by atoms with Crippen molar-refractivity contribution >= 4 is 51.6 Å². The number of halogens is 1. The normalized spacial score (nSPS) is 11.2. The fourth-order valence-electron chi connectivity index (χ4n) is 3.32. The molecule has 0 saturated heterocycles. The summed E-state index contributed by atoms with van der Waals surface area (Å²) >= 11 is 7.36. The molecule has 0 fully saturated rings. The Morgan fingerprint density at radius 2 is 1.90 bits per heavy atom. The SMILES string of the molecule is Cc1nn(C)c2nc(NNC(=O)Nc3csc(-c4ccc(Cl)cc4)n3)cc(C(C)C)c12.